The number of carbonyl (C=O) groups is 1. The van der Waals surface area contributed by atoms with E-state index < -0.39 is 0 Å². The molecule has 2 N–H and O–H groups in total. The summed E-state index contributed by atoms with van der Waals surface area (Å²) in [4.78, 5) is 18.4. The molecule has 0 radical (unpaired) electrons. The number of hydrogen-bond acceptors (Lipinski definition) is 3. The minimum Gasteiger partial charge on any atom is -0.384 e. The molecule has 21 heavy (non-hydrogen) atoms. The van der Waals surface area contributed by atoms with Gasteiger partial charge in [0, 0.05) is 18.7 Å². The summed E-state index contributed by atoms with van der Waals surface area (Å²) in [7, 11) is 0. The Labute approximate surface area is 131 Å². The SMILES string of the molecule is CC(C)(C)C1CCCN(C(=O)c2cc(N)nc(Cl)c2)CC1. The Kier molecular flexibility index (Phi) is 4.77. The van der Waals surface area contributed by atoms with Crippen molar-refractivity contribution in [3.8, 4) is 0 Å². The monoisotopic (exact) mass is 309 g/mol. The van der Waals surface area contributed by atoms with Gasteiger partial charge in [-0.05, 0) is 42.7 Å². The molecule has 1 amide bonds. The lowest BCUT2D eigenvalue weighted by atomic mass is 9.77. The van der Waals surface area contributed by atoms with Crippen molar-refractivity contribution in [2.24, 2.45) is 11.3 Å². The quantitative estimate of drug-likeness (QED) is 0.806. The van der Waals surface area contributed by atoms with Gasteiger partial charge in [0.2, 0.25) is 0 Å². The predicted molar refractivity (Wildman–Crippen MR) is 86.4 cm³/mol. The van der Waals surface area contributed by atoms with Crippen molar-refractivity contribution in [1.82, 2.24) is 9.88 Å². The third-order valence-corrected chi connectivity index (χ3v) is 4.49. The van der Waals surface area contributed by atoms with Crippen molar-refractivity contribution < 1.29 is 4.79 Å². The summed E-state index contributed by atoms with van der Waals surface area (Å²) in [6, 6.07) is 3.19. The maximum atomic E-state index is 12.6. The lowest BCUT2D eigenvalue weighted by molar-refractivity contribution is 0.0755. The van der Waals surface area contributed by atoms with Gasteiger partial charge in [-0.15, -0.1) is 0 Å². The number of nitrogens with two attached hydrogens (primary N) is 1. The molecule has 1 aliphatic heterocycles. The summed E-state index contributed by atoms with van der Waals surface area (Å²) in [6.45, 7) is 8.42. The van der Waals surface area contributed by atoms with Crippen molar-refractivity contribution in [3.63, 3.8) is 0 Å². The van der Waals surface area contributed by atoms with Gasteiger partial charge in [-0.3, -0.25) is 4.79 Å². The van der Waals surface area contributed by atoms with Gasteiger partial charge in [0.25, 0.3) is 5.91 Å². The third kappa shape index (κ3) is 4.10. The van der Waals surface area contributed by atoms with Gasteiger partial charge >= 0.3 is 0 Å². The van der Waals surface area contributed by atoms with Crippen LogP contribution in [0.15, 0.2) is 12.1 Å². The highest BCUT2D eigenvalue weighted by atomic mass is 35.5. The fourth-order valence-electron chi connectivity index (χ4n) is 2.99. The highest BCUT2D eigenvalue weighted by Crippen LogP contribution is 2.34. The van der Waals surface area contributed by atoms with Crippen molar-refractivity contribution >= 4 is 23.3 Å². The van der Waals surface area contributed by atoms with Crippen LogP contribution in [0.1, 0.15) is 50.4 Å². The zero-order valence-electron chi connectivity index (χ0n) is 13.0. The molecule has 0 spiro atoms. The number of aromatic nitrogens is 1. The summed E-state index contributed by atoms with van der Waals surface area (Å²) in [5.74, 6) is 0.940. The highest BCUT2D eigenvalue weighted by Gasteiger charge is 2.28. The first-order valence-corrected chi connectivity index (χ1v) is 7.87. The molecule has 5 heteroatoms. The summed E-state index contributed by atoms with van der Waals surface area (Å²) in [5, 5.41) is 0.265. The van der Waals surface area contributed by atoms with E-state index in [1.54, 1.807) is 12.1 Å². The fourth-order valence-corrected chi connectivity index (χ4v) is 3.20. The van der Waals surface area contributed by atoms with Gasteiger partial charge < -0.3 is 10.6 Å². The Hall–Kier alpha value is -1.29. The smallest absolute Gasteiger partial charge is 0.254 e. The number of anilines is 1. The molecule has 2 rings (SSSR count). The van der Waals surface area contributed by atoms with Crippen LogP contribution in [0.3, 0.4) is 0 Å². The molecular formula is C16H24ClN3O. The van der Waals surface area contributed by atoms with Crippen molar-refractivity contribution in [2.45, 2.75) is 40.0 Å². The topological polar surface area (TPSA) is 59.2 Å². The molecule has 116 valence electrons. The van der Waals surface area contributed by atoms with E-state index in [0.717, 1.165) is 25.9 Å². The summed E-state index contributed by atoms with van der Waals surface area (Å²) in [6.07, 6.45) is 3.26. The summed E-state index contributed by atoms with van der Waals surface area (Å²) < 4.78 is 0. The van der Waals surface area contributed by atoms with Gasteiger partial charge in [-0.25, -0.2) is 4.98 Å². The van der Waals surface area contributed by atoms with Crippen LogP contribution in [0, 0.1) is 11.3 Å². The number of pyridine rings is 1. The van der Waals surface area contributed by atoms with Crippen LogP contribution in [0.2, 0.25) is 5.15 Å². The Bertz CT molecular complexity index is 504. The minimum absolute atomic E-state index is 0.000518. The lowest BCUT2D eigenvalue weighted by Crippen LogP contribution is -2.32. The third-order valence-electron chi connectivity index (χ3n) is 4.30. The average Bonchev–Trinajstić information content (AvgIpc) is 2.61. The number of halogens is 1. The normalized spacial score (nSPS) is 20.2. The molecule has 1 fully saturated rings. The number of amides is 1. The van der Waals surface area contributed by atoms with Crippen LogP contribution in [-0.2, 0) is 0 Å². The highest BCUT2D eigenvalue weighted by molar-refractivity contribution is 6.29. The second kappa shape index (κ2) is 6.22. The van der Waals surface area contributed by atoms with E-state index in [1.807, 2.05) is 4.90 Å². The zero-order chi connectivity index (χ0) is 15.6. The number of nitrogen functional groups attached to an aromatic ring is 1. The van der Waals surface area contributed by atoms with Crippen molar-refractivity contribution in [1.29, 1.82) is 0 Å². The van der Waals surface area contributed by atoms with Crippen LogP contribution >= 0.6 is 11.6 Å². The number of hydrogen-bond donors (Lipinski definition) is 1. The van der Waals surface area contributed by atoms with E-state index in [0.29, 0.717) is 16.9 Å². The average molecular weight is 310 g/mol. The molecule has 0 aromatic carbocycles. The minimum atomic E-state index is 0.000518. The van der Waals surface area contributed by atoms with Crippen molar-refractivity contribution in [2.75, 3.05) is 18.8 Å². The molecule has 1 aromatic rings. The zero-order valence-corrected chi connectivity index (χ0v) is 13.8. The van der Waals surface area contributed by atoms with Crippen molar-refractivity contribution in [3.05, 3.63) is 22.8 Å². The Morgan fingerprint density at radius 2 is 2.05 bits per heavy atom. The van der Waals surface area contributed by atoms with E-state index in [-0.39, 0.29) is 16.9 Å². The van der Waals surface area contributed by atoms with Crippen LogP contribution in [-0.4, -0.2) is 28.9 Å². The molecule has 1 aliphatic rings. The lowest BCUT2D eigenvalue weighted by Gasteiger charge is -2.29. The van der Waals surface area contributed by atoms with E-state index in [1.165, 1.54) is 6.42 Å². The first kappa shape index (κ1) is 16.1. The maximum Gasteiger partial charge on any atom is 0.254 e. The molecule has 4 nitrogen and oxygen atoms in total. The van der Waals surface area contributed by atoms with Gasteiger partial charge in [0.1, 0.15) is 11.0 Å². The number of carbonyl (C=O) groups excluding carboxylic acids is 1. The fraction of sp³-hybridized carbons (Fsp3) is 0.625. The molecule has 1 unspecified atom stereocenters. The van der Waals surface area contributed by atoms with Gasteiger partial charge in [0.15, 0.2) is 0 Å². The van der Waals surface area contributed by atoms with Crippen LogP contribution in [0.4, 0.5) is 5.82 Å². The van der Waals surface area contributed by atoms with Gasteiger partial charge in [0.05, 0.1) is 0 Å². The number of nitrogens with zero attached hydrogens (tertiary/aromatic N) is 2. The Morgan fingerprint density at radius 1 is 1.33 bits per heavy atom. The second-order valence-electron chi connectivity index (χ2n) is 6.89. The first-order chi connectivity index (χ1) is 9.77. The molecular weight excluding hydrogens is 286 g/mol. The molecule has 2 heterocycles. The predicted octanol–water partition coefficient (Wildman–Crippen LogP) is 3.61. The van der Waals surface area contributed by atoms with Gasteiger partial charge in [-0.1, -0.05) is 32.4 Å². The molecule has 1 saturated heterocycles. The Morgan fingerprint density at radius 3 is 2.67 bits per heavy atom. The Balaban J connectivity index is 2.10. The summed E-state index contributed by atoms with van der Waals surface area (Å²) >= 11 is 5.89. The maximum absolute atomic E-state index is 12.6. The molecule has 0 aliphatic carbocycles. The van der Waals surface area contributed by atoms with E-state index in [4.69, 9.17) is 17.3 Å². The molecule has 1 atom stereocenters. The first-order valence-electron chi connectivity index (χ1n) is 7.49. The second-order valence-corrected chi connectivity index (χ2v) is 7.28. The van der Waals surface area contributed by atoms with Crippen LogP contribution < -0.4 is 5.73 Å². The summed E-state index contributed by atoms with van der Waals surface area (Å²) in [5.41, 5.74) is 6.49. The van der Waals surface area contributed by atoms with E-state index in [2.05, 4.69) is 25.8 Å². The van der Waals surface area contributed by atoms with E-state index >= 15 is 0 Å². The van der Waals surface area contributed by atoms with Crippen LogP contribution in [0.25, 0.3) is 0 Å². The van der Waals surface area contributed by atoms with E-state index in [9.17, 15) is 4.79 Å². The standard InChI is InChI=1S/C16H24ClN3O/c1-16(2,3)12-5-4-7-20(8-6-12)15(21)11-9-13(17)19-14(18)10-11/h9-10,12H,4-8H2,1-3H3,(H2,18,19). The number of likely N-dealkylation sites (tertiary alicyclic amines) is 1. The molecule has 1 aromatic heterocycles. The largest absolute Gasteiger partial charge is 0.384 e. The molecule has 0 saturated carbocycles. The van der Waals surface area contributed by atoms with Gasteiger partial charge in [-0.2, -0.15) is 0 Å². The number of rotatable bonds is 1. The molecule has 0 bridgehead atoms. The van der Waals surface area contributed by atoms with Crippen LogP contribution in [0.5, 0.6) is 0 Å².